The van der Waals surface area contributed by atoms with Crippen LogP contribution in [0.25, 0.3) is 10.1 Å². The molecule has 0 aliphatic carbocycles. The molecule has 0 bridgehead atoms. The molecule has 0 radical (unpaired) electrons. The highest BCUT2D eigenvalue weighted by Gasteiger charge is 2.47. The van der Waals surface area contributed by atoms with Crippen molar-refractivity contribution in [3.63, 3.8) is 0 Å². The van der Waals surface area contributed by atoms with E-state index in [1.54, 1.807) is 30.3 Å². The fraction of sp³-hybridized carbons (Fsp3) is 0.385. The van der Waals surface area contributed by atoms with Gasteiger partial charge in [-0.05, 0) is 18.6 Å². The van der Waals surface area contributed by atoms with Gasteiger partial charge in [0.15, 0.2) is 9.58 Å². The van der Waals surface area contributed by atoms with Crippen LogP contribution in [0.1, 0.15) is 24.6 Å². The molecule has 2 aromatic rings. The van der Waals surface area contributed by atoms with Gasteiger partial charge in [-0.3, -0.25) is 13.7 Å². The maximum Gasteiger partial charge on any atom is 0.600 e. The average Bonchev–Trinajstić information content (AvgIpc) is 2.72. The van der Waals surface area contributed by atoms with Crippen molar-refractivity contribution in [2.75, 3.05) is 0 Å². The SMILES string of the molecule is CCCCc1cc2ccccc2[s+]1C(F)(F)F.[O-][I+3]([O-])([O-])[O-]. The normalized spacial score (nSPS) is 13.0. The molecular formula is C13H14F3IO4S. The lowest BCUT2D eigenvalue weighted by molar-refractivity contribution is -2.00. The molecule has 9 heteroatoms. The van der Waals surface area contributed by atoms with Gasteiger partial charge in [0.25, 0.3) is 0 Å². The van der Waals surface area contributed by atoms with Crippen molar-refractivity contribution in [1.82, 2.24) is 0 Å². The third-order valence-corrected chi connectivity index (χ3v) is 4.85. The number of fused-ring (bicyclic) bond motifs is 1. The summed E-state index contributed by atoms with van der Waals surface area (Å²) in [6.45, 7) is 1.99. The molecular weight excluding hydrogens is 436 g/mol. The second-order valence-corrected chi connectivity index (χ2v) is 8.58. The van der Waals surface area contributed by atoms with Crippen molar-refractivity contribution < 1.29 is 47.0 Å². The molecule has 1 aromatic heterocycles. The first-order valence-corrected chi connectivity index (χ1v) is 11.0. The monoisotopic (exact) mass is 450 g/mol. The lowest BCUT2D eigenvalue weighted by Crippen LogP contribution is -4.29. The van der Waals surface area contributed by atoms with Crippen molar-refractivity contribution in [2.24, 2.45) is 0 Å². The van der Waals surface area contributed by atoms with Gasteiger partial charge in [-0.15, -0.1) is 13.2 Å². The van der Waals surface area contributed by atoms with Gasteiger partial charge in [0.1, 0.15) is 20.1 Å². The van der Waals surface area contributed by atoms with Gasteiger partial charge in [0.2, 0.25) is 0 Å². The summed E-state index contributed by atoms with van der Waals surface area (Å²) in [4.78, 5) is 0.542. The van der Waals surface area contributed by atoms with Gasteiger partial charge in [0, 0.05) is 17.9 Å². The van der Waals surface area contributed by atoms with E-state index >= 15 is 0 Å². The van der Waals surface area contributed by atoms with Gasteiger partial charge >= 0.3 is 5.51 Å². The molecule has 124 valence electrons. The fourth-order valence-corrected chi connectivity index (χ4v) is 3.96. The van der Waals surface area contributed by atoms with Crippen LogP contribution >= 0.6 is 10.5 Å². The zero-order valence-electron chi connectivity index (χ0n) is 11.6. The van der Waals surface area contributed by atoms with Gasteiger partial charge < -0.3 is 0 Å². The minimum Gasteiger partial charge on any atom is -0.286 e. The highest BCUT2D eigenvalue weighted by Crippen LogP contribution is 2.51. The van der Waals surface area contributed by atoms with Crippen LogP contribution in [0.2, 0.25) is 0 Å². The molecule has 0 aliphatic rings. The zero-order chi connectivity index (χ0) is 17.0. The predicted octanol–water partition coefficient (Wildman–Crippen LogP) is -2.34. The first-order valence-electron chi connectivity index (χ1n) is 6.26. The minimum atomic E-state index is -5.94. The van der Waals surface area contributed by atoms with E-state index in [-0.39, 0.29) is 0 Å². The van der Waals surface area contributed by atoms with Crippen molar-refractivity contribution in [3.05, 3.63) is 35.2 Å². The highest BCUT2D eigenvalue weighted by atomic mass is 127. The van der Waals surface area contributed by atoms with E-state index in [4.69, 9.17) is 13.7 Å². The summed E-state index contributed by atoms with van der Waals surface area (Å²) in [6.07, 6.45) is 2.29. The average molecular weight is 450 g/mol. The highest BCUT2D eigenvalue weighted by molar-refractivity contribution is 7.38. The Hall–Kier alpha value is -0.460. The number of halogens is 4. The number of hydrogen-bond acceptors (Lipinski definition) is 4. The van der Waals surface area contributed by atoms with E-state index in [1.165, 1.54) is 0 Å². The Bertz CT molecular complexity index is 601. The summed E-state index contributed by atoms with van der Waals surface area (Å²) < 4.78 is 74.2. The molecule has 2 rings (SSSR count). The largest absolute Gasteiger partial charge is 0.600 e. The standard InChI is InChI=1S/C13H14F3S.IO4/c1-2-3-7-11-9-10-6-4-5-8-12(10)17(11)13(14,15)16;2-1(3,4)5/h4-6,8-9H,2-3,7H2,1H3;/q+1;-1. The number of thiophene rings is 1. The molecule has 0 saturated heterocycles. The summed E-state index contributed by atoms with van der Waals surface area (Å²) in [5.41, 5.74) is -4.15. The first-order chi connectivity index (χ1) is 10.0. The molecule has 0 amide bonds. The molecule has 1 heterocycles. The van der Waals surface area contributed by atoms with E-state index in [9.17, 15) is 13.2 Å². The van der Waals surface area contributed by atoms with Crippen LogP contribution in [0.4, 0.5) is 13.2 Å². The van der Waals surface area contributed by atoms with Crippen LogP contribution < -0.4 is 33.8 Å². The third kappa shape index (κ3) is 6.34. The van der Waals surface area contributed by atoms with E-state index in [1.807, 2.05) is 6.92 Å². The summed E-state index contributed by atoms with van der Waals surface area (Å²) in [5.74, 6) is 0. The minimum absolute atomic E-state index is 0.436. The molecule has 0 aliphatic heterocycles. The van der Waals surface area contributed by atoms with Crippen LogP contribution in [0.3, 0.4) is 0 Å². The summed E-state index contributed by atoms with van der Waals surface area (Å²) in [5, 5.41) is 0.735. The quantitative estimate of drug-likeness (QED) is 0.387. The smallest absolute Gasteiger partial charge is 0.286 e. The van der Waals surface area contributed by atoms with Crippen molar-refractivity contribution in [2.45, 2.75) is 31.7 Å². The first kappa shape index (κ1) is 19.6. The molecule has 0 fully saturated rings. The van der Waals surface area contributed by atoms with E-state index in [0.717, 1.165) is 18.2 Å². The number of rotatable bonds is 3. The molecule has 22 heavy (non-hydrogen) atoms. The maximum absolute atomic E-state index is 13.1. The van der Waals surface area contributed by atoms with Crippen LogP contribution in [-0.4, -0.2) is 0 Å². The molecule has 0 saturated carbocycles. The maximum atomic E-state index is 13.1. The predicted molar refractivity (Wildman–Crippen MR) is 66.3 cm³/mol. The summed E-state index contributed by atoms with van der Waals surface area (Å²) >= 11 is -5.94. The summed E-state index contributed by atoms with van der Waals surface area (Å²) in [6, 6.07) is 8.56. The van der Waals surface area contributed by atoms with Crippen LogP contribution in [-0.2, 0) is 11.9 Å². The molecule has 1 unspecified atom stereocenters. The topological polar surface area (TPSA) is 92.2 Å². The Labute approximate surface area is 134 Å². The van der Waals surface area contributed by atoms with Gasteiger partial charge in [-0.25, -0.2) is 0 Å². The van der Waals surface area contributed by atoms with Crippen LogP contribution in [0.5, 0.6) is 0 Å². The Morgan fingerprint density at radius 2 is 1.64 bits per heavy atom. The molecule has 0 N–H and O–H groups in total. The van der Waals surface area contributed by atoms with E-state index < -0.39 is 36.1 Å². The van der Waals surface area contributed by atoms with Crippen molar-refractivity contribution in [3.8, 4) is 0 Å². The Morgan fingerprint density at radius 3 is 2.14 bits per heavy atom. The number of alkyl halides is 3. The van der Waals surface area contributed by atoms with Crippen LogP contribution in [0, 0.1) is 0 Å². The number of benzene rings is 1. The number of unbranched alkanes of at least 4 members (excludes halogenated alkanes) is 1. The Balaban J connectivity index is 0.000000422. The lowest BCUT2D eigenvalue weighted by atomic mass is 10.2. The molecule has 4 nitrogen and oxygen atoms in total. The van der Waals surface area contributed by atoms with E-state index in [2.05, 4.69) is 0 Å². The second kappa shape index (κ2) is 7.88. The Morgan fingerprint density at radius 1 is 1.09 bits per heavy atom. The van der Waals surface area contributed by atoms with Crippen LogP contribution in [0.15, 0.2) is 30.3 Å². The number of hydrogen-bond donors (Lipinski definition) is 0. The van der Waals surface area contributed by atoms with Crippen molar-refractivity contribution >= 4 is 20.6 Å². The lowest BCUT2D eigenvalue weighted by Gasteiger charge is -2.08. The molecule has 1 aromatic carbocycles. The van der Waals surface area contributed by atoms with Gasteiger partial charge in [-0.2, -0.15) is 0 Å². The summed E-state index contributed by atoms with van der Waals surface area (Å²) in [7, 11) is -1.70. The second-order valence-electron chi connectivity index (χ2n) is 4.38. The van der Waals surface area contributed by atoms with Crippen molar-refractivity contribution in [1.29, 1.82) is 0 Å². The molecule has 1 atom stereocenters. The zero-order valence-corrected chi connectivity index (χ0v) is 14.5. The fourth-order valence-electron chi connectivity index (χ4n) is 1.96. The molecule has 0 spiro atoms. The third-order valence-electron chi connectivity index (χ3n) is 2.73. The van der Waals surface area contributed by atoms with Gasteiger partial charge in [0.05, 0.1) is 10.5 Å². The van der Waals surface area contributed by atoms with E-state index in [0.29, 0.717) is 16.0 Å². The van der Waals surface area contributed by atoms with Gasteiger partial charge in [-0.1, -0.05) is 25.5 Å². The number of aryl methyl sites for hydroxylation is 1. The Kier molecular flexibility index (Phi) is 7.02.